The van der Waals surface area contributed by atoms with E-state index >= 15 is 0 Å². The minimum absolute atomic E-state index is 0.00453. The highest BCUT2D eigenvalue weighted by Gasteiger charge is 2.17. The summed E-state index contributed by atoms with van der Waals surface area (Å²) in [6.45, 7) is 5.26. The van der Waals surface area contributed by atoms with Gasteiger partial charge in [0.1, 0.15) is 6.10 Å². The van der Waals surface area contributed by atoms with E-state index in [-0.39, 0.29) is 18.1 Å². The minimum Gasteiger partial charge on any atom is -0.388 e. The number of hydrogen-bond acceptors (Lipinski definition) is 5. The molecule has 0 spiro atoms. The summed E-state index contributed by atoms with van der Waals surface area (Å²) in [5, 5.41) is 9.48. The first-order chi connectivity index (χ1) is 8.95. The third-order valence-electron chi connectivity index (χ3n) is 2.27. The summed E-state index contributed by atoms with van der Waals surface area (Å²) >= 11 is 0. The normalized spacial score (nSPS) is 13.2. The van der Waals surface area contributed by atoms with Crippen LogP contribution in [0.4, 0.5) is 0 Å². The van der Waals surface area contributed by atoms with E-state index < -0.39 is 16.2 Å². The number of ether oxygens (including phenoxy) is 1. The molecule has 0 unspecified atom stereocenters. The van der Waals surface area contributed by atoms with Crippen molar-refractivity contribution >= 4 is 10.1 Å². The van der Waals surface area contributed by atoms with Crippen molar-refractivity contribution in [3.05, 3.63) is 42.5 Å². The summed E-state index contributed by atoms with van der Waals surface area (Å²) in [5.74, 6) is 0. The van der Waals surface area contributed by atoms with Crippen LogP contribution >= 0.6 is 0 Å². The number of benzene rings is 1. The Bertz CT molecular complexity index is 492. The third kappa shape index (κ3) is 5.52. The summed E-state index contributed by atoms with van der Waals surface area (Å²) in [7, 11) is -3.84. The van der Waals surface area contributed by atoms with Crippen LogP contribution in [0.5, 0.6) is 0 Å². The maximum atomic E-state index is 11.8. The molecule has 0 aliphatic heterocycles. The van der Waals surface area contributed by atoms with Crippen molar-refractivity contribution in [2.24, 2.45) is 0 Å². The van der Waals surface area contributed by atoms with Crippen LogP contribution in [0.1, 0.15) is 5.56 Å². The molecule has 0 aliphatic carbocycles. The van der Waals surface area contributed by atoms with Crippen LogP contribution in [0.2, 0.25) is 0 Å². The van der Waals surface area contributed by atoms with E-state index in [9.17, 15) is 13.5 Å². The molecule has 19 heavy (non-hydrogen) atoms. The molecule has 0 aromatic heterocycles. The Balaban J connectivity index is 2.51. The van der Waals surface area contributed by atoms with Crippen LogP contribution in [0.15, 0.2) is 41.8 Å². The Morgan fingerprint density at radius 2 is 1.95 bits per heavy atom. The van der Waals surface area contributed by atoms with Crippen LogP contribution in [-0.2, 0) is 19.0 Å². The van der Waals surface area contributed by atoms with Gasteiger partial charge >= 0.3 is 0 Å². The molecule has 0 aliphatic rings. The van der Waals surface area contributed by atoms with Crippen molar-refractivity contribution in [2.45, 2.75) is 17.9 Å². The molecule has 0 bridgehead atoms. The fourth-order valence-electron chi connectivity index (χ4n) is 1.28. The highest BCUT2D eigenvalue weighted by molar-refractivity contribution is 7.86. The summed E-state index contributed by atoms with van der Waals surface area (Å²) in [5.41, 5.74) is 0.955. The summed E-state index contributed by atoms with van der Waals surface area (Å²) in [6.07, 6.45) is 0.538. The molecule has 0 radical (unpaired) electrons. The molecule has 0 fully saturated rings. The highest BCUT2D eigenvalue weighted by Crippen LogP contribution is 2.13. The van der Waals surface area contributed by atoms with Crippen LogP contribution in [-0.4, -0.2) is 39.4 Å². The van der Waals surface area contributed by atoms with Gasteiger partial charge in [0.25, 0.3) is 10.1 Å². The maximum absolute atomic E-state index is 11.8. The summed E-state index contributed by atoms with van der Waals surface area (Å²) < 4.78 is 33.3. The Morgan fingerprint density at radius 3 is 2.53 bits per heavy atom. The largest absolute Gasteiger partial charge is 0.388 e. The molecule has 1 N–H and O–H groups in total. The summed E-state index contributed by atoms with van der Waals surface area (Å²) in [4.78, 5) is 0.0670. The van der Waals surface area contributed by atoms with Gasteiger partial charge in [-0.25, -0.2) is 0 Å². The molecule has 0 amide bonds. The standard InChI is InChI=1S/C13H18O5S/c1-3-8-17-9-12(14)10-18-19(15,16)13-6-4-11(2)5-7-13/h3-7,12,14H,1,8-10H2,2H3/t12-/m0/s1. The zero-order valence-electron chi connectivity index (χ0n) is 10.8. The average Bonchev–Trinajstić information content (AvgIpc) is 2.37. The van der Waals surface area contributed by atoms with Gasteiger partial charge in [0, 0.05) is 0 Å². The number of rotatable bonds is 8. The van der Waals surface area contributed by atoms with Crippen LogP contribution < -0.4 is 0 Å². The second kappa shape index (κ2) is 7.40. The first-order valence-corrected chi connectivity index (χ1v) is 7.19. The number of aryl methyl sites for hydroxylation is 1. The molecule has 5 nitrogen and oxygen atoms in total. The second-order valence-electron chi connectivity index (χ2n) is 4.03. The predicted molar refractivity (Wildman–Crippen MR) is 71.3 cm³/mol. The molecule has 1 aromatic rings. The smallest absolute Gasteiger partial charge is 0.297 e. The average molecular weight is 286 g/mol. The van der Waals surface area contributed by atoms with Crippen molar-refractivity contribution in [3.8, 4) is 0 Å². The van der Waals surface area contributed by atoms with Crippen molar-refractivity contribution in [2.75, 3.05) is 19.8 Å². The third-order valence-corrected chi connectivity index (χ3v) is 3.57. The van der Waals surface area contributed by atoms with E-state index in [0.717, 1.165) is 5.56 Å². The number of aliphatic hydroxyl groups excluding tert-OH is 1. The fourth-order valence-corrected chi connectivity index (χ4v) is 2.22. The lowest BCUT2D eigenvalue weighted by Gasteiger charge is -2.11. The fraction of sp³-hybridized carbons (Fsp3) is 0.385. The Kier molecular flexibility index (Phi) is 6.17. The van der Waals surface area contributed by atoms with E-state index in [1.807, 2.05) is 6.92 Å². The first-order valence-electron chi connectivity index (χ1n) is 5.78. The minimum atomic E-state index is -3.84. The zero-order chi connectivity index (χ0) is 14.3. The van der Waals surface area contributed by atoms with Crippen LogP contribution in [0.25, 0.3) is 0 Å². The van der Waals surface area contributed by atoms with Gasteiger partial charge in [-0.1, -0.05) is 23.8 Å². The molecule has 0 saturated heterocycles. The molecular weight excluding hydrogens is 268 g/mol. The van der Waals surface area contributed by atoms with Gasteiger partial charge in [-0.05, 0) is 19.1 Å². The molecule has 106 valence electrons. The van der Waals surface area contributed by atoms with Gasteiger partial charge in [-0.2, -0.15) is 8.42 Å². The quantitative estimate of drug-likeness (QED) is 0.442. The molecule has 0 heterocycles. The highest BCUT2D eigenvalue weighted by atomic mass is 32.2. The lowest BCUT2D eigenvalue weighted by atomic mass is 10.2. The molecule has 1 aromatic carbocycles. The predicted octanol–water partition coefficient (Wildman–Crippen LogP) is 1.26. The molecule has 1 atom stereocenters. The SMILES string of the molecule is C=CCOC[C@H](O)COS(=O)(=O)c1ccc(C)cc1. The maximum Gasteiger partial charge on any atom is 0.297 e. The Labute approximate surface area is 113 Å². The molecule has 6 heteroatoms. The van der Waals surface area contributed by atoms with Crippen molar-refractivity contribution < 1.29 is 22.4 Å². The lowest BCUT2D eigenvalue weighted by Crippen LogP contribution is -2.24. The van der Waals surface area contributed by atoms with E-state index in [2.05, 4.69) is 6.58 Å². The van der Waals surface area contributed by atoms with Crippen molar-refractivity contribution in [1.82, 2.24) is 0 Å². The van der Waals surface area contributed by atoms with Crippen LogP contribution in [0.3, 0.4) is 0 Å². The zero-order valence-corrected chi connectivity index (χ0v) is 11.6. The van der Waals surface area contributed by atoms with Gasteiger partial charge in [-0.3, -0.25) is 4.18 Å². The van der Waals surface area contributed by atoms with Gasteiger partial charge in [0.05, 0.1) is 24.7 Å². The van der Waals surface area contributed by atoms with Gasteiger partial charge < -0.3 is 9.84 Å². The van der Waals surface area contributed by atoms with Gasteiger partial charge in [0.15, 0.2) is 0 Å². The van der Waals surface area contributed by atoms with E-state index in [1.165, 1.54) is 18.2 Å². The van der Waals surface area contributed by atoms with Crippen molar-refractivity contribution in [1.29, 1.82) is 0 Å². The number of aliphatic hydroxyl groups is 1. The van der Waals surface area contributed by atoms with Gasteiger partial charge in [0.2, 0.25) is 0 Å². The molecular formula is C13H18O5S. The Hall–Kier alpha value is -1.21. The van der Waals surface area contributed by atoms with E-state index in [0.29, 0.717) is 6.61 Å². The molecule has 1 rings (SSSR count). The lowest BCUT2D eigenvalue weighted by molar-refractivity contribution is 0.0228. The van der Waals surface area contributed by atoms with Crippen molar-refractivity contribution in [3.63, 3.8) is 0 Å². The van der Waals surface area contributed by atoms with E-state index in [1.54, 1.807) is 12.1 Å². The summed E-state index contributed by atoms with van der Waals surface area (Å²) in [6, 6.07) is 6.29. The first kappa shape index (κ1) is 15.8. The molecule has 0 saturated carbocycles. The monoisotopic (exact) mass is 286 g/mol. The van der Waals surface area contributed by atoms with E-state index in [4.69, 9.17) is 8.92 Å². The van der Waals surface area contributed by atoms with Gasteiger partial charge in [-0.15, -0.1) is 6.58 Å². The Morgan fingerprint density at radius 1 is 1.32 bits per heavy atom. The topological polar surface area (TPSA) is 72.8 Å². The number of hydrogen-bond donors (Lipinski definition) is 1. The van der Waals surface area contributed by atoms with Crippen LogP contribution in [0, 0.1) is 6.92 Å². The second-order valence-corrected chi connectivity index (χ2v) is 5.65.